The van der Waals surface area contributed by atoms with Crippen LogP contribution in [0.25, 0.3) is 0 Å². The van der Waals surface area contributed by atoms with Gasteiger partial charge in [-0.3, -0.25) is 0 Å². The van der Waals surface area contributed by atoms with Gasteiger partial charge in [-0.05, 0) is 31.2 Å². The first-order valence-electron chi connectivity index (χ1n) is 8.28. The molecule has 0 unspecified atom stereocenters. The average molecular weight is 322 g/mol. The molecule has 1 aliphatic carbocycles. The number of urea groups is 1. The standard InChI is InChI=1S/C17H23FN2O3/c18-13-5-2-4-12-15(8-10-23-16(12)13)20-17(22)19-14-6-1-3-11(14)7-9-21/h2,4-5,11,14-15,21H,1,3,6-10H2,(H2,19,20,22)/t11-,14-,15-/m0/s1. The minimum Gasteiger partial charge on any atom is -0.490 e. The second kappa shape index (κ2) is 7.17. The van der Waals surface area contributed by atoms with Crippen molar-refractivity contribution < 1.29 is 19.0 Å². The van der Waals surface area contributed by atoms with Crippen LogP contribution in [0.4, 0.5) is 9.18 Å². The molecule has 126 valence electrons. The molecule has 1 aromatic rings. The number of benzene rings is 1. The van der Waals surface area contributed by atoms with Gasteiger partial charge in [0.15, 0.2) is 11.6 Å². The number of carbonyl (C=O) groups is 1. The fourth-order valence-electron chi connectivity index (χ4n) is 3.64. The summed E-state index contributed by atoms with van der Waals surface area (Å²) < 4.78 is 19.1. The monoisotopic (exact) mass is 322 g/mol. The minimum absolute atomic E-state index is 0.106. The summed E-state index contributed by atoms with van der Waals surface area (Å²) in [6.07, 6.45) is 4.39. The zero-order valence-electron chi connectivity index (χ0n) is 13.1. The molecule has 3 atom stereocenters. The maximum Gasteiger partial charge on any atom is 0.315 e. The number of fused-ring (bicyclic) bond motifs is 1. The molecule has 3 N–H and O–H groups in total. The summed E-state index contributed by atoms with van der Waals surface area (Å²) in [6, 6.07) is 4.40. The highest BCUT2D eigenvalue weighted by molar-refractivity contribution is 5.75. The van der Waals surface area contributed by atoms with E-state index in [4.69, 9.17) is 9.84 Å². The molecule has 0 spiro atoms. The lowest BCUT2D eigenvalue weighted by atomic mass is 9.99. The van der Waals surface area contributed by atoms with Crippen molar-refractivity contribution in [2.75, 3.05) is 13.2 Å². The third kappa shape index (κ3) is 3.58. The second-order valence-electron chi connectivity index (χ2n) is 6.28. The Morgan fingerprint density at radius 3 is 3.00 bits per heavy atom. The summed E-state index contributed by atoms with van der Waals surface area (Å²) in [4.78, 5) is 12.3. The number of amides is 2. The lowest BCUT2D eigenvalue weighted by Crippen LogP contribution is -2.45. The molecule has 6 heteroatoms. The molecule has 2 amide bonds. The Balaban J connectivity index is 1.62. The maximum atomic E-state index is 13.8. The number of aliphatic hydroxyl groups excluding tert-OH is 1. The van der Waals surface area contributed by atoms with Crippen molar-refractivity contribution in [2.45, 2.75) is 44.2 Å². The first kappa shape index (κ1) is 16.1. The Hall–Kier alpha value is -1.82. The van der Waals surface area contributed by atoms with E-state index in [0.29, 0.717) is 24.5 Å². The predicted molar refractivity (Wildman–Crippen MR) is 83.8 cm³/mol. The molecule has 1 saturated carbocycles. The minimum atomic E-state index is -0.395. The summed E-state index contributed by atoms with van der Waals surface area (Å²) in [7, 11) is 0. The van der Waals surface area contributed by atoms with Gasteiger partial charge in [0.1, 0.15) is 0 Å². The van der Waals surface area contributed by atoms with Crippen molar-refractivity contribution in [1.82, 2.24) is 10.6 Å². The first-order valence-corrected chi connectivity index (χ1v) is 8.28. The Kier molecular flexibility index (Phi) is 5.00. The van der Waals surface area contributed by atoms with Crippen LogP contribution in [0.2, 0.25) is 0 Å². The van der Waals surface area contributed by atoms with Gasteiger partial charge in [-0.1, -0.05) is 18.6 Å². The van der Waals surface area contributed by atoms with E-state index in [1.54, 1.807) is 12.1 Å². The zero-order valence-corrected chi connectivity index (χ0v) is 13.1. The Morgan fingerprint density at radius 1 is 1.30 bits per heavy atom. The normalized spacial score (nSPS) is 26.3. The second-order valence-corrected chi connectivity index (χ2v) is 6.28. The lowest BCUT2D eigenvalue weighted by Gasteiger charge is -2.28. The summed E-state index contributed by atoms with van der Waals surface area (Å²) in [5, 5.41) is 15.0. The molecule has 1 aromatic carbocycles. The molecule has 3 rings (SSSR count). The van der Waals surface area contributed by atoms with Crippen LogP contribution in [0.5, 0.6) is 5.75 Å². The van der Waals surface area contributed by atoms with E-state index in [-0.39, 0.29) is 30.5 Å². The average Bonchev–Trinajstić information content (AvgIpc) is 2.96. The van der Waals surface area contributed by atoms with Crippen molar-refractivity contribution in [3.05, 3.63) is 29.6 Å². The summed E-state index contributed by atoms with van der Waals surface area (Å²) in [6.45, 7) is 0.534. The molecule has 23 heavy (non-hydrogen) atoms. The molecule has 1 heterocycles. The number of hydrogen-bond acceptors (Lipinski definition) is 3. The van der Waals surface area contributed by atoms with Crippen molar-refractivity contribution in [3.63, 3.8) is 0 Å². The maximum absolute atomic E-state index is 13.8. The highest BCUT2D eigenvalue weighted by atomic mass is 19.1. The Labute approximate surface area is 135 Å². The number of hydrogen-bond donors (Lipinski definition) is 3. The Bertz CT molecular complexity index is 567. The van der Waals surface area contributed by atoms with Gasteiger partial charge < -0.3 is 20.5 Å². The number of ether oxygens (including phenoxy) is 1. The van der Waals surface area contributed by atoms with Gasteiger partial charge in [-0.25, -0.2) is 9.18 Å². The summed E-state index contributed by atoms with van der Waals surface area (Å²) >= 11 is 0. The fourth-order valence-corrected chi connectivity index (χ4v) is 3.64. The number of aliphatic hydroxyl groups is 1. The molecule has 0 saturated heterocycles. The first-order chi connectivity index (χ1) is 11.2. The van der Waals surface area contributed by atoms with Crippen molar-refractivity contribution in [3.8, 4) is 5.75 Å². The quantitative estimate of drug-likeness (QED) is 0.797. The number of para-hydroxylation sites is 1. The van der Waals surface area contributed by atoms with E-state index < -0.39 is 5.82 Å². The van der Waals surface area contributed by atoms with Gasteiger partial charge in [0.05, 0.1) is 12.6 Å². The van der Waals surface area contributed by atoms with Crippen molar-refractivity contribution in [1.29, 1.82) is 0 Å². The van der Waals surface area contributed by atoms with Crippen LogP contribution >= 0.6 is 0 Å². The van der Waals surface area contributed by atoms with Crippen LogP contribution < -0.4 is 15.4 Å². The molecule has 0 bridgehead atoms. The summed E-state index contributed by atoms with van der Waals surface area (Å²) in [5.41, 5.74) is 0.685. The molecule has 1 fully saturated rings. The number of nitrogens with one attached hydrogen (secondary N) is 2. The number of halogens is 1. The van der Waals surface area contributed by atoms with Gasteiger partial charge in [-0.2, -0.15) is 0 Å². The molecular formula is C17H23FN2O3. The third-order valence-corrected chi connectivity index (χ3v) is 4.81. The van der Waals surface area contributed by atoms with E-state index in [1.165, 1.54) is 6.07 Å². The van der Waals surface area contributed by atoms with E-state index in [2.05, 4.69) is 10.6 Å². The molecule has 1 aliphatic heterocycles. The van der Waals surface area contributed by atoms with E-state index >= 15 is 0 Å². The SMILES string of the molecule is O=C(N[C@H]1CCOc2c(F)cccc21)N[C@H]1CCC[C@H]1CCO. The molecular weight excluding hydrogens is 299 g/mol. The topological polar surface area (TPSA) is 70.6 Å². The molecule has 2 aliphatic rings. The van der Waals surface area contributed by atoms with Crippen LogP contribution in [0.15, 0.2) is 18.2 Å². The molecule has 0 aromatic heterocycles. The smallest absolute Gasteiger partial charge is 0.315 e. The lowest BCUT2D eigenvalue weighted by molar-refractivity contribution is 0.209. The van der Waals surface area contributed by atoms with Crippen LogP contribution in [-0.4, -0.2) is 30.4 Å². The zero-order chi connectivity index (χ0) is 16.2. The highest BCUT2D eigenvalue weighted by Crippen LogP contribution is 2.34. The van der Waals surface area contributed by atoms with Gasteiger partial charge in [0, 0.05) is 24.6 Å². The van der Waals surface area contributed by atoms with Crippen LogP contribution in [-0.2, 0) is 0 Å². The fraction of sp³-hybridized carbons (Fsp3) is 0.588. The van der Waals surface area contributed by atoms with E-state index in [9.17, 15) is 9.18 Å². The highest BCUT2D eigenvalue weighted by Gasteiger charge is 2.30. The van der Waals surface area contributed by atoms with Crippen molar-refractivity contribution in [2.24, 2.45) is 5.92 Å². The van der Waals surface area contributed by atoms with Gasteiger partial charge >= 0.3 is 6.03 Å². The largest absolute Gasteiger partial charge is 0.490 e. The van der Waals surface area contributed by atoms with Crippen LogP contribution in [0.3, 0.4) is 0 Å². The third-order valence-electron chi connectivity index (χ3n) is 4.81. The van der Waals surface area contributed by atoms with Crippen molar-refractivity contribution >= 4 is 6.03 Å². The van der Waals surface area contributed by atoms with Gasteiger partial charge in [-0.15, -0.1) is 0 Å². The molecule has 0 radical (unpaired) electrons. The number of rotatable bonds is 4. The van der Waals surface area contributed by atoms with Gasteiger partial charge in [0.25, 0.3) is 0 Å². The summed E-state index contributed by atoms with van der Waals surface area (Å²) in [5.74, 6) is 0.182. The predicted octanol–water partition coefficient (Wildman–Crippen LogP) is 2.50. The Morgan fingerprint density at radius 2 is 2.17 bits per heavy atom. The van der Waals surface area contributed by atoms with Crippen LogP contribution in [0.1, 0.15) is 43.7 Å². The molecule has 5 nitrogen and oxygen atoms in total. The van der Waals surface area contributed by atoms with Crippen LogP contribution in [0, 0.1) is 11.7 Å². The van der Waals surface area contributed by atoms with Gasteiger partial charge in [0.2, 0.25) is 0 Å². The number of carbonyl (C=O) groups excluding carboxylic acids is 1. The van der Waals surface area contributed by atoms with E-state index in [0.717, 1.165) is 25.7 Å². The van der Waals surface area contributed by atoms with E-state index in [1.807, 2.05) is 0 Å².